The fourth-order valence-electron chi connectivity index (χ4n) is 0.234. The summed E-state index contributed by atoms with van der Waals surface area (Å²) in [6.45, 7) is 1.67. The van der Waals surface area contributed by atoms with Crippen LogP contribution in [0.1, 0.15) is 6.92 Å². The Morgan fingerprint density at radius 1 is 2.00 bits per heavy atom. The van der Waals surface area contributed by atoms with Crippen LogP contribution in [0.15, 0.2) is 0 Å². The third-order valence-corrected chi connectivity index (χ3v) is 1.66. The molecule has 1 atom stereocenters. The third kappa shape index (κ3) is 5.18. The van der Waals surface area contributed by atoms with Crippen LogP contribution in [0.5, 0.6) is 0 Å². The molecular weight excluding hydrogens is 138 g/mol. The van der Waals surface area contributed by atoms with Crippen molar-refractivity contribution in [1.82, 2.24) is 0 Å². The fourth-order valence-corrected chi connectivity index (χ4v) is 0.701. The van der Waals surface area contributed by atoms with Crippen LogP contribution in [0, 0.1) is 11.3 Å². The molecule has 0 aromatic heterocycles. The molecule has 0 rings (SSSR count). The van der Waals surface area contributed by atoms with E-state index in [4.69, 9.17) is 10.4 Å². The van der Waals surface area contributed by atoms with Crippen LogP contribution in [-0.2, 0) is 4.79 Å². The summed E-state index contributed by atoms with van der Waals surface area (Å²) >= 11 is 1.12. The predicted molar refractivity (Wildman–Crippen MR) is 35.2 cm³/mol. The zero-order chi connectivity index (χ0) is 7.28. The summed E-state index contributed by atoms with van der Waals surface area (Å²) in [5.74, 6) is -0.864. The number of nitrogens with zero attached hydrogens (tertiary/aromatic N) is 1. The first kappa shape index (κ1) is 8.31. The Hall–Kier alpha value is -0.690. The lowest BCUT2D eigenvalue weighted by atomic mass is 10.5. The van der Waals surface area contributed by atoms with Gasteiger partial charge in [0.15, 0.2) is 0 Å². The van der Waals surface area contributed by atoms with Gasteiger partial charge in [-0.15, -0.1) is 11.8 Å². The minimum Gasteiger partial charge on any atom is -0.481 e. The van der Waals surface area contributed by atoms with Gasteiger partial charge in [0.05, 0.1) is 17.1 Å². The van der Waals surface area contributed by atoms with E-state index in [1.165, 1.54) is 0 Å². The van der Waals surface area contributed by atoms with Crippen molar-refractivity contribution in [2.24, 2.45) is 0 Å². The second-order valence-corrected chi connectivity index (χ2v) is 2.81. The van der Waals surface area contributed by atoms with Crippen molar-refractivity contribution >= 4 is 17.7 Å². The highest BCUT2D eigenvalue weighted by Crippen LogP contribution is 2.07. The zero-order valence-corrected chi connectivity index (χ0v) is 5.81. The molecular formula is C5H7NO2S. The Bertz CT molecular complexity index is 140. The van der Waals surface area contributed by atoms with E-state index >= 15 is 0 Å². The summed E-state index contributed by atoms with van der Waals surface area (Å²) in [6.07, 6.45) is 0. The molecule has 4 heteroatoms. The lowest BCUT2D eigenvalue weighted by Gasteiger charge is -1.95. The number of carboxylic acid groups (broad SMARTS) is 1. The average molecular weight is 145 g/mol. The molecule has 0 aromatic rings. The smallest absolute Gasteiger partial charge is 0.313 e. The molecule has 0 unspecified atom stereocenters. The molecule has 0 spiro atoms. The van der Waals surface area contributed by atoms with Crippen molar-refractivity contribution < 1.29 is 9.90 Å². The number of hydrogen-bond acceptors (Lipinski definition) is 3. The number of aliphatic carboxylic acids is 1. The molecule has 0 fully saturated rings. The van der Waals surface area contributed by atoms with E-state index < -0.39 is 5.97 Å². The Kier molecular flexibility index (Phi) is 3.89. The first-order valence-electron chi connectivity index (χ1n) is 2.40. The van der Waals surface area contributed by atoms with Crippen LogP contribution in [0.25, 0.3) is 0 Å². The minimum atomic E-state index is -0.873. The lowest BCUT2D eigenvalue weighted by Crippen LogP contribution is -2.02. The van der Waals surface area contributed by atoms with Crippen molar-refractivity contribution in [2.75, 3.05) is 5.75 Å². The van der Waals surface area contributed by atoms with Crippen molar-refractivity contribution in [3.63, 3.8) is 0 Å². The van der Waals surface area contributed by atoms with Crippen LogP contribution < -0.4 is 0 Å². The summed E-state index contributed by atoms with van der Waals surface area (Å²) in [7, 11) is 0. The van der Waals surface area contributed by atoms with Crippen LogP contribution in [0.4, 0.5) is 0 Å². The van der Waals surface area contributed by atoms with E-state index in [2.05, 4.69) is 0 Å². The van der Waals surface area contributed by atoms with Gasteiger partial charge in [-0.05, 0) is 6.92 Å². The molecule has 0 heterocycles. The van der Waals surface area contributed by atoms with E-state index in [0.29, 0.717) is 0 Å². The highest BCUT2D eigenvalue weighted by Gasteiger charge is 2.02. The number of carbonyl (C=O) groups is 1. The average Bonchev–Trinajstić information content (AvgIpc) is 1.83. The minimum absolute atomic E-state index is 0.00866. The molecule has 0 aliphatic carbocycles. The quantitative estimate of drug-likeness (QED) is 0.635. The van der Waals surface area contributed by atoms with Gasteiger partial charge in [-0.3, -0.25) is 4.79 Å². The SMILES string of the molecule is C[C@@H](C#N)SCC(=O)O. The molecule has 0 saturated carbocycles. The number of carboxylic acids is 1. The Morgan fingerprint density at radius 2 is 2.56 bits per heavy atom. The fraction of sp³-hybridized carbons (Fsp3) is 0.600. The van der Waals surface area contributed by atoms with E-state index in [-0.39, 0.29) is 11.0 Å². The molecule has 0 saturated heterocycles. The first-order chi connectivity index (χ1) is 4.16. The van der Waals surface area contributed by atoms with E-state index in [1.54, 1.807) is 6.92 Å². The summed E-state index contributed by atoms with van der Waals surface area (Å²) in [4.78, 5) is 9.89. The van der Waals surface area contributed by atoms with Gasteiger partial charge in [0.2, 0.25) is 0 Å². The van der Waals surface area contributed by atoms with E-state index in [0.717, 1.165) is 11.8 Å². The van der Waals surface area contributed by atoms with Crippen LogP contribution >= 0.6 is 11.8 Å². The maximum atomic E-state index is 9.89. The van der Waals surface area contributed by atoms with Crippen molar-refractivity contribution in [3.05, 3.63) is 0 Å². The lowest BCUT2D eigenvalue weighted by molar-refractivity contribution is -0.133. The molecule has 9 heavy (non-hydrogen) atoms. The molecule has 0 aliphatic heterocycles. The highest BCUT2D eigenvalue weighted by atomic mass is 32.2. The molecule has 0 radical (unpaired) electrons. The zero-order valence-electron chi connectivity index (χ0n) is 5.00. The van der Waals surface area contributed by atoms with Crippen LogP contribution in [-0.4, -0.2) is 22.1 Å². The molecule has 0 amide bonds. The largest absolute Gasteiger partial charge is 0.481 e. The van der Waals surface area contributed by atoms with Crippen LogP contribution in [0.3, 0.4) is 0 Å². The number of hydrogen-bond donors (Lipinski definition) is 1. The van der Waals surface area contributed by atoms with Gasteiger partial charge in [-0.25, -0.2) is 0 Å². The molecule has 1 N–H and O–H groups in total. The molecule has 0 aliphatic rings. The number of thioether (sulfide) groups is 1. The summed E-state index contributed by atoms with van der Waals surface area (Å²) in [5.41, 5.74) is 0. The summed E-state index contributed by atoms with van der Waals surface area (Å²) in [5, 5.41) is 16.1. The number of nitriles is 1. The maximum Gasteiger partial charge on any atom is 0.313 e. The molecule has 50 valence electrons. The monoisotopic (exact) mass is 145 g/mol. The van der Waals surface area contributed by atoms with Crippen molar-refractivity contribution in [3.8, 4) is 6.07 Å². The molecule has 3 nitrogen and oxygen atoms in total. The van der Waals surface area contributed by atoms with Gasteiger partial charge >= 0.3 is 5.97 Å². The maximum absolute atomic E-state index is 9.89. The van der Waals surface area contributed by atoms with Gasteiger partial charge in [0.25, 0.3) is 0 Å². The Labute approximate surface area is 57.7 Å². The van der Waals surface area contributed by atoms with Gasteiger partial charge in [-0.2, -0.15) is 5.26 Å². The standard InChI is InChI=1S/C5H7NO2S/c1-4(2-6)9-3-5(7)8/h4H,3H2,1H3,(H,7,8)/t4-/m0/s1. The van der Waals surface area contributed by atoms with Crippen molar-refractivity contribution in [1.29, 1.82) is 5.26 Å². The van der Waals surface area contributed by atoms with E-state index in [9.17, 15) is 4.79 Å². The van der Waals surface area contributed by atoms with Gasteiger partial charge in [-0.1, -0.05) is 0 Å². The topological polar surface area (TPSA) is 61.1 Å². The normalized spacial score (nSPS) is 12.0. The van der Waals surface area contributed by atoms with Gasteiger partial charge < -0.3 is 5.11 Å². The summed E-state index contributed by atoms with van der Waals surface area (Å²) in [6, 6.07) is 1.92. The predicted octanol–water partition coefficient (Wildman–Crippen LogP) is 0.716. The first-order valence-corrected chi connectivity index (χ1v) is 3.44. The van der Waals surface area contributed by atoms with Crippen molar-refractivity contribution in [2.45, 2.75) is 12.2 Å². The second kappa shape index (κ2) is 4.21. The molecule has 0 bridgehead atoms. The van der Waals surface area contributed by atoms with E-state index in [1.807, 2.05) is 6.07 Å². The third-order valence-electron chi connectivity index (χ3n) is 0.639. The van der Waals surface area contributed by atoms with Crippen LogP contribution in [0.2, 0.25) is 0 Å². The summed E-state index contributed by atoms with van der Waals surface area (Å²) < 4.78 is 0. The Balaban J connectivity index is 3.30. The van der Waals surface area contributed by atoms with Gasteiger partial charge in [0.1, 0.15) is 0 Å². The second-order valence-electron chi connectivity index (χ2n) is 1.48. The van der Waals surface area contributed by atoms with Gasteiger partial charge in [0, 0.05) is 0 Å². The highest BCUT2D eigenvalue weighted by molar-refractivity contribution is 8.00. The Morgan fingerprint density at radius 3 is 2.89 bits per heavy atom. The number of rotatable bonds is 3. The molecule has 0 aromatic carbocycles.